The quantitative estimate of drug-likeness (QED) is 0.564. The second kappa shape index (κ2) is 10.8. The fraction of sp³-hybridized carbons (Fsp3) is 0.917. The van der Waals surface area contributed by atoms with Gasteiger partial charge in [0, 0.05) is 6.54 Å². The summed E-state index contributed by atoms with van der Waals surface area (Å²) in [5.41, 5.74) is 0. The molecule has 0 aromatic heterocycles. The highest BCUT2D eigenvalue weighted by molar-refractivity contribution is 5.85. The predicted molar refractivity (Wildman–Crippen MR) is 71.6 cm³/mol. The van der Waals surface area contributed by atoms with Crippen molar-refractivity contribution < 1.29 is 9.53 Å². The maximum absolute atomic E-state index is 11.1. The van der Waals surface area contributed by atoms with Gasteiger partial charge >= 0.3 is 0 Å². The number of hydrogen-bond acceptors (Lipinski definition) is 3. The molecule has 1 aliphatic carbocycles. The van der Waals surface area contributed by atoms with E-state index in [9.17, 15) is 4.79 Å². The molecule has 1 saturated carbocycles. The topological polar surface area (TPSA) is 50.4 Å². The Hall–Kier alpha value is -0.320. The molecule has 0 heterocycles. The lowest BCUT2D eigenvalue weighted by Crippen LogP contribution is -2.34. The fourth-order valence-electron chi connectivity index (χ4n) is 2.05. The lowest BCUT2D eigenvalue weighted by Gasteiger charge is -2.15. The van der Waals surface area contributed by atoms with E-state index < -0.39 is 0 Å². The van der Waals surface area contributed by atoms with E-state index in [0.29, 0.717) is 25.8 Å². The van der Waals surface area contributed by atoms with Crippen LogP contribution in [-0.2, 0) is 9.53 Å². The third-order valence-electron chi connectivity index (χ3n) is 2.92. The summed E-state index contributed by atoms with van der Waals surface area (Å²) in [7, 11) is 1.77. The summed E-state index contributed by atoms with van der Waals surface area (Å²) < 4.78 is 5.76. The summed E-state index contributed by atoms with van der Waals surface area (Å²) >= 11 is 0. The highest BCUT2D eigenvalue weighted by Crippen LogP contribution is 2.19. The number of carbonyl (C=O) groups excluding carboxylic acids is 1. The molecule has 0 atom stereocenters. The summed E-state index contributed by atoms with van der Waals surface area (Å²) in [6.07, 6.45) is 8.06. The van der Waals surface area contributed by atoms with Crippen LogP contribution in [-0.4, -0.2) is 38.8 Å². The number of hydrogen-bond donors (Lipinski definition) is 2. The number of ether oxygens (including phenoxy) is 1. The van der Waals surface area contributed by atoms with E-state index in [2.05, 4.69) is 10.6 Å². The van der Waals surface area contributed by atoms with Crippen molar-refractivity contribution in [2.75, 3.05) is 26.7 Å². The first-order valence-electron chi connectivity index (χ1n) is 6.36. The highest BCUT2D eigenvalue weighted by Gasteiger charge is 2.11. The third-order valence-corrected chi connectivity index (χ3v) is 2.92. The first kappa shape index (κ1) is 16.7. The van der Waals surface area contributed by atoms with Crippen molar-refractivity contribution in [2.24, 2.45) is 0 Å². The molecular weight excluding hydrogens is 240 g/mol. The van der Waals surface area contributed by atoms with Crippen LogP contribution in [0.2, 0.25) is 0 Å². The average molecular weight is 265 g/mol. The van der Waals surface area contributed by atoms with Crippen LogP contribution in [0.15, 0.2) is 0 Å². The molecule has 5 heteroatoms. The fourth-order valence-corrected chi connectivity index (χ4v) is 2.05. The van der Waals surface area contributed by atoms with E-state index in [1.807, 2.05) is 0 Å². The van der Waals surface area contributed by atoms with Gasteiger partial charge in [0.25, 0.3) is 0 Å². The molecule has 1 fully saturated rings. The molecule has 1 rings (SSSR count). The summed E-state index contributed by atoms with van der Waals surface area (Å²) in [6, 6.07) is 0. The minimum absolute atomic E-state index is 0. The van der Waals surface area contributed by atoms with Crippen molar-refractivity contribution in [3.8, 4) is 0 Å². The van der Waals surface area contributed by atoms with Crippen LogP contribution in [0.25, 0.3) is 0 Å². The van der Waals surface area contributed by atoms with Crippen molar-refractivity contribution in [3.63, 3.8) is 0 Å². The molecule has 2 N–H and O–H groups in total. The molecule has 0 aromatic carbocycles. The van der Waals surface area contributed by atoms with E-state index in [0.717, 1.165) is 0 Å². The van der Waals surface area contributed by atoms with Crippen LogP contribution in [0.1, 0.15) is 38.5 Å². The molecule has 1 aliphatic rings. The Bertz CT molecular complexity index is 195. The Labute approximate surface area is 110 Å². The lowest BCUT2D eigenvalue weighted by molar-refractivity contribution is -0.120. The summed E-state index contributed by atoms with van der Waals surface area (Å²) in [5.74, 6) is 0.0342. The minimum Gasteiger partial charge on any atom is -0.376 e. The maximum atomic E-state index is 11.1. The van der Waals surface area contributed by atoms with E-state index in [1.54, 1.807) is 7.05 Å². The molecule has 0 aliphatic heterocycles. The Morgan fingerprint density at radius 2 is 1.88 bits per heavy atom. The van der Waals surface area contributed by atoms with Crippen LogP contribution < -0.4 is 10.6 Å². The Morgan fingerprint density at radius 3 is 2.47 bits per heavy atom. The van der Waals surface area contributed by atoms with Gasteiger partial charge in [0.2, 0.25) is 5.91 Å². The molecule has 0 bridgehead atoms. The molecule has 4 nitrogen and oxygen atoms in total. The number of rotatable bonds is 6. The molecule has 1 amide bonds. The third kappa shape index (κ3) is 8.41. The normalized spacial score (nSPS) is 17.0. The second-order valence-corrected chi connectivity index (χ2v) is 4.36. The number of nitrogens with one attached hydrogen (secondary N) is 2. The van der Waals surface area contributed by atoms with Gasteiger partial charge in [-0.05, 0) is 19.9 Å². The zero-order valence-electron chi connectivity index (χ0n) is 10.7. The van der Waals surface area contributed by atoms with E-state index in [1.165, 1.54) is 38.5 Å². The van der Waals surface area contributed by atoms with Crippen LogP contribution in [0.4, 0.5) is 0 Å². The first-order valence-corrected chi connectivity index (χ1v) is 6.36. The van der Waals surface area contributed by atoms with Crippen molar-refractivity contribution in [2.45, 2.75) is 44.6 Å². The van der Waals surface area contributed by atoms with Crippen molar-refractivity contribution in [1.82, 2.24) is 10.6 Å². The van der Waals surface area contributed by atoms with Gasteiger partial charge in [-0.1, -0.05) is 25.7 Å². The van der Waals surface area contributed by atoms with E-state index >= 15 is 0 Å². The van der Waals surface area contributed by atoms with E-state index in [-0.39, 0.29) is 18.3 Å². The number of amides is 1. The zero-order chi connectivity index (χ0) is 11.6. The SMILES string of the molecule is CNCC(=O)NCCOC1CCCCCC1.Cl. The standard InChI is InChI=1S/C12H24N2O2.ClH/c1-13-10-12(15)14-8-9-16-11-6-4-2-3-5-7-11;/h11,13H,2-10H2,1H3,(H,14,15);1H. The van der Waals surface area contributed by atoms with Crippen LogP contribution in [0, 0.1) is 0 Å². The highest BCUT2D eigenvalue weighted by atomic mass is 35.5. The van der Waals surface area contributed by atoms with Crippen molar-refractivity contribution >= 4 is 18.3 Å². The van der Waals surface area contributed by atoms with Gasteiger partial charge in [0.15, 0.2) is 0 Å². The predicted octanol–water partition coefficient (Wildman–Crippen LogP) is 1.48. The van der Waals surface area contributed by atoms with Crippen LogP contribution in [0.3, 0.4) is 0 Å². The smallest absolute Gasteiger partial charge is 0.234 e. The number of carbonyl (C=O) groups is 1. The Balaban J connectivity index is 0.00000256. The molecule has 0 spiro atoms. The van der Waals surface area contributed by atoms with Crippen molar-refractivity contribution in [3.05, 3.63) is 0 Å². The van der Waals surface area contributed by atoms with E-state index in [4.69, 9.17) is 4.74 Å². The molecule has 0 saturated heterocycles. The van der Waals surface area contributed by atoms with Gasteiger partial charge in [-0.2, -0.15) is 0 Å². The van der Waals surface area contributed by atoms with Gasteiger partial charge in [-0.15, -0.1) is 12.4 Å². The number of halogens is 1. The summed E-state index contributed by atoms with van der Waals surface area (Å²) in [5, 5.41) is 5.63. The molecule has 0 aromatic rings. The molecule has 0 radical (unpaired) electrons. The monoisotopic (exact) mass is 264 g/mol. The Kier molecular flexibility index (Phi) is 10.6. The molecule has 102 valence electrons. The van der Waals surface area contributed by atoms with Gasteiger partial charge in [0.05, 0.1) is 19.3 Å². The number of likely N-dealkylation sites (N-methyl/N-ethyl adjacent to an activating group) is 1. The Morgan fingerprint density at radius 1 is 1.24 bits per heavy atom. The summed E-state index contributed by atoms with van der Waals surface area (Å²) in [6.45, 7) is 1.64. The maximum Gasteiger partial charge on any atom is 0.234 e. The largest absolute Gasteiger partial charge is 0.376 e. The second-order valence-electron chi connectivity index (χ2n) is 4.36. The average Bonchev–Trinajstić information content (AvgIpc) is 2.53. The van der Waals surface area contributed by atoms with Crippen molar-refractivity contribution in [1.29, 1.82) is 0 Å². The minimum atomic E-state index is 0. The van der Waals surface area contributed by atoms with Gasteiger partial charge < -0.3 is 15.4 Å². The molecular formula is C12H25ClN2O2. The van der Waals surface area contributed by atoms with Gasteiger partial charge in [-0.3, -0.25) is 4.79 Å². The van der Waals surface area contributed by atoms with Gasteiger partial charge in [-0.25, -0.2) is 0 Å². The lowest BCUT2D eigenvalue weighted by atomic mass is 10.1. The van der Waals surface area contributed by atoms with Gasteiger partial charge in [0.1, 0.15) is 0 Å². The molecule has 0 unspecified atom stereocenters. The zero-order valence-corrected chi connectivity index (χ0v) is 11.5. The van der Waals surface area contributed by atoms with Crippen LogP contribution >= 0.6 is 12.4 Å². The summed E-state index contributed by atoms with van der Waals surface area (Å²) in [4.78, 5) is 11.1. The first-order chi connectivity index (χ1) is 7.83. The van der Waals surface area contributed by atoms with Crippen LogP contribution in [0.5, 0.6) is 0 Å². The molecule has 17 heavy (non-hydrogen) atoms.